The van der Waals surface area contributed by atoms with Crippen molar-refractivity contribution in [2.45, 2.75) is 20.4 Å². The summed E-state index contributed by atoms with van der Waals surface area (Å²) in [5.74, 6) is 1.39. The molecule has 3 heterocycles. The molecule has 0 aliphatic carbocycles. The highest BCUT2D eigenvalue weighted by atomic mass is 16.5. The average molecular weight is 328 g/mol. The van der Waals surface area contributed by atoms with E-state index in [1.807, 2.05) is 33.0 Å². The molecule has 0 bridgehead atoms. The molecule has 0 aliphatic rings. The molecule has 0 radical (unpaired) electrons. The lowest BCUT2D eigenvalue weighted by Gasteiger charge is -2.23. The number of aryl methyl sites for hydroxylation is 2. The molecule has 0 saturated carbocycles. The molecule has 0 amide bonds. The fourth-order valence-electron chi connectivity index (χ4n) is 2.38. The Morgan fingerprint density at radius 1 is 1.33 bits per heavy atom. The van der Waals surface area contributed by atoms with E-state index in [4.69, 9.17) is 4.74 Å². The van der Waals surface area contributed by atoms with Crippen molar-refractivity contribution in [1.82, 2.24) is 34.6 Å². The van der Waals surface area contributed by atoms with Crippen LogP contribution in [0.5, 0.6) is 6.01 Å². The summed E-state index contributed by atoms with van der Waals surface area (Å²) in [6, 6.07) is 2.27. The maximum atomic E-state index is 5.14. The standard InChI is InChI=1S/C15H20N8O/c1-5-6-7-22(10-12-9-16-20-21(12)3)13-8-11(2)17-14-18-15(24-4)19-23(13)14/h5-6,8-9H,7,10H2,1-4H3/b6-5+. The first kappa shape index (κ1) is 15.9. The first-order chi connectivity index (χ1) is 11.6. The van der Waals surface area contributed by atoms with Crippen LogP contribution in [0.2, 0.25) is 0 Å². The topological polar surface area (TPSA) is 86.3 Å². The van der Waals surface area contributed by atoms with E-state index >= 15 is 0 Å². The van der Waals surface area contributed by atoms with Gasteiger partial charge < -0.3 is 9.64 Å². The summed E-state index contributed by atoms with van der Waals surface area (Å²) < 4.78 is 8.59. The number of methoxy groups -OCH3 is 1. The van der Waals surface area contributed by atoms with Gasteiger partial charge in [0.25, 0.3) is 5.78 Å². The number of nitrogens with zero attached hydrogens (tertiary/aromatic N) is 8. The first-order valence-corrected chi connectivity index (χ1v) is 7.60. The van der Waals surface area contributed by atoms with Gasteiger partial charge in [0.2, 0.25) is 0 Å². The normalized spacial score (nSPS) is 11.5. The van der Waals surface area contributed by atoms with E-state index in [-0.39, 0.29) is 0 Å². The summed E-state index contributed by atoms with van der Waals surface area (Å²) in [4.78, 5) is 10.9. The number of allylic oxidation sites excluding steroid dienone is 1. The molecule has 9 heteroatoms. The van der Waals surface area contributed by atoms with Crippen molar-refractivity contribution in [3.05, 3.63) is 35.8 Å². The fourth-order valence-corrected chi connectivity index (χ4v) is 2.38. The van der Waals surface area contributed by atoms with Gasteiger partial charge in [-0.25, -0.2) is 4.98 Å². The molecule has 3 rings (SSSR count). The van der Waals surface area contributed by atoms with E-state index in [2.05, 4.69) is 36.4 Å². The van der Waals surface area contributed by atoms with Crippen LogP contribution >= 0.6 is 0 Å². The van der Waals surface area contributed by atoms with Crippen LogP contribution in [-0.4, -0.2) is 48.2 Å². The predicted molar refractivity (Wildman–Crippen MR) is 88.9 cm³/mol. The summed E-state index contributed by atoms with van der Waals surface area (Å²) in [5, 5.41) is 12.3. The van der Waals surface area contributed by atoms with Gasteiger partial charge in [-0.2, -0.15) is 9.50 Å². The van der Waals surface area contributed by atoms with E-state index in [0.717, 1.165) is 17.2 Å². The highest BCUT2D eigenvalue weighted by molar-refractivity contribution is 5.48. The van der Waals surface area contributed by atoms with Crippen LogP contribution in [-0.2, 0) is 13.6 Å². The van der Waals surface area contributed by atoms with Gasteiger partial charge in [-0.1, -0.05) is 17.4 Å². The maximum Gasteiger partial charge on any atom is 0.337 e. The zero-order valence-electron chi connectivity index (χ0n) is 14.2. The van der Waals surface area contributed by atoms with Crippen molar-refractivity contribution in [3.8, 4) is 6.01 Å². The van der Waals surface area contributed by atoms with Crippen molar-refractivity contribution >= 4 is 11.6 Å². The zero-order chi connectivity index (χ0) is 17.1. The van der Waals surface area contributed by atoms with Gasteiger partial charge in [0.05, 0.1) is 25.5 Å². The monoisotopic (exact) mass is 328 g/mol. The Balaban J connectivity index is 2.07. The van der Waals surface area contributed by atoms with Crippen molar-refractivity contribution in [2.24, 2.45) is 7.05 Å². The molecule has 0 N–H and O–H groups in total. The Labute approximate surface area is 139 Å². The quantitative estimate of drug-likeness (QED) is 0.627. The molecule has 0 fully saturated rings. The zero-order valence-corrected chi connectivity index (χ0v) is 14.2. The summed E-state index contributed by atoms with van der Waals surface area (Å²) in [5.41, 5.74) is 1.86. The van der Waals surface area contributed by atoms with Gasteiger partial charge in [-0.3, -0.25) is 4.68 Å². The number of hydrogen-bond acceptors (Lipinski definition) is 7. The number of anilines is 1. The highest BCUT2D eigenvalue weighted by Crippen LogP contribution is 2.20. The molecule has 0 aliphatic heterocycles. The second kappa shape index (κ2) is 6.65. The minimum absolute atomic E-state index is 0.294. The van der Waals surface area contributed by atoms with Crippen LogP contribution in [0, 0.1) is 6.92 Å². The Morgan fingerprint density at radius 3 is 2.83 bits per heavy atom. The van der Waals surface area contributed by atoms with Crippen molar-refractivity contribution in [2.75, 3.05) is 18.6 Å². The van der Waals surface area contributed by atoms with Crippen LogP contribution in [0.1, 0.15) is 18.3 Å². The van der Waals surface area contributed by atoms with Gasteiger partial charge in [0.15, 0.2) is 0 Å². The molecule has 9 nitrogen and oxygen atoms in total. The SMILES string of the molecule is C/C=C/CN(Cc1cnnn1C)c1cc(C)nc2nc(OC)nn12. The molecule has 0 unspecified atom stereocenters. The van der Waals surface area contributed by atoms with Crippen LogP contribution in [0.25, 0.3) is 5.78 Å². The van der Waals surface area contributed by atoms with Gasteiger partial charge in [-0.05, 0) is 13.8 Å². The van der Waals surface area contributed by atoms with E-state index in [1.165, 1.54) is 0 Å². The number of rotatable bonds is 6. The fraction of sp³-hybridized carbons (Fsp3) is 0.400. The van der Waals surface area contributed by atoms with Crippen LogP contribution in [0.15, 0.2) is 24.4 Å². The molecule has 0 saturated heterocycles. The molecular weight excluding hydrogens is 308 g/mol. The van der Waals surface area contributed by atoms with E-state index in [9.17, 15) is 0 Å². The Hall–Kier alpha value is -2.97. The second-order valence-electron chi connectivity index (χ2n) is 5.36. The lowest BCUT2D eigenvalue weighted by Crippen LogP contribution is -2.26. The Kier molecular flexibility index (Phi) is 4.41. The third kappa shape index (κ3) is 3.05. The molecule has 0 atom stereocenters. The summed E-state index contributed by atoms with van der Waals surface area (Å²) >= 11 is 0. The third-order valence-electron chi connectivity index (χ3n) is 3.63. The van der Waals surface area contributed by atoms with Gasteiger partial charge in [0.1, 0.15) is 5.82 Å². The van der Waals surface area contributed by atoms with Crippen molar-refractivity contribution in [1.29, 1.82) is 0 Å². The molecular formula is C15H20N8O. The van der Waals surface area contributed by atoms with Crippen LogP contribution in [0.4, 0.5) is 5.82 Å². The van der Waals surface area contributed by atoms with Crippen molar-refractivity contribution in [3.63, 3.8) is 0 Å². The summed E-state index contributed by atoms with van der Waals surface area (Å²) in [6.45, 7) is 5.27. The molecule has 3 aromatic heterocycles. The van der Waals surface area contributed by atoms with Crippen LogP contribution in [0.3, 0.4) is 0 Å². The number of fused-ring (bicyclic) bond motifs is 1. The summed E-state index contributed by atoms with van der Waals surface area (Å²) in [7, 11) is 3.42. The van der Waals surface area contributed by atoms with Gasteiger partial charge >= 0.3 is 6.01 Å². The molecule has 0 aromatic carbocycles. The Morgan fingerprint density at radius 2 is 2.17 bits per heavy atom. The highest BCUT2D eigenvalue weighted by Gasteiger charge is 2.16. The first-order valence-electron chi connectivity index (χ1n) is 7.60. The largest absolute Gasteiger partial charge is 0.466 e. The number of ether oxygens (including phenoxy) is 1. The average Bonchev–Trinajstić information content (AvgIpc) is 3.16. The minimum atomic E-state index is 0.294. The van der Waals surface area contributed by atoms with Gasteiger partial charge in [-0.15, -0.1) is 10.2 Å². The molecule has 3 aromatic rings. The number of hydrogen-bond donors (Lipinski definition) is 0. The molecule has 24 heavy (non-hydrogen) atoms. The smallest absolute Gasteiger partial charge is 0.337 e. The third-order valence-corrected chi connectivity index (χ3v) is 3.63. The van der Waals surface area contributed by atoms with Crippen molar-refractivity contribution < 1.29 is 4.74 Å². The lowest BCUT2D eigenvalue weighted by atomic mass is 10.3. The molecule has 0 spiro atoms. The predicted octanol–water partition coefficient (Wildman–Crippen LogP) is 1.15. The van der Waals surface area contributed by atoms with E-state index in [1.54, 1.807) is 22.5 Å². The lowest BCUT2D eigenvalue weighted by molar-refractivity contribution is 0.380. The van der Waals surface area contributed by atoms with E-state index in [0.29, 0.717) is 24.9 Å². The number of aromatic nitrogens is 7. The van der Waals surface area contributed by atoms with E-state index < -0.39 is 0 Å². The Bertz CT molecular complexity index is 866. The summed E-state index contributed by atoms with van der Waals surface area (Å²) in [6.07, 6.45) is 5.86. The van der Waals surface area contributed by atoms with Crippen LogP contribution < -0.4 is 9.64 Å². The van der Waals surface area contributed by atoms with Gasteiger partial charge in [0, 0.05) is 25.4 Å². The maximum absolute atomic E-state index is 5.14. The molecule has 126 valence electrons. The minimum Gasteiger partial charge on any atom is -0.466 e. The second-order valence-corrected chi connectivity index (χ2v) is 5.36.